The summed E-state index contributed by atoms with van der Waals surface area (Å²) >= 11 is 0. The third-order valence-corrected chi connectivity index (χ3v) is 7.49. The zero-order valence-corrected chi connectivity index (χ0v) is 14.0. The molecule has 0 radical (unpaired) electrons. The van der Waals surface area contributed by atoms with Crippen molar-refractivity contribution in [1.29, 1.82) is 0 Å². The van der Waals surface area contributed by atoms with Gasteiger partial charge in [-0.15, -0.1) is 0 Å². The number of methoxy groups -OCH3 is 1. The second-order valence-corrected chi connectivity index (χ2v) is 8.64. The maximum Gasteiger partial charge on any atom is 0.147 e. The van der Waals surface area contributed by atoms with Crippen LogP contribution in [0.1, 0.15) is 44.9 Å². The number of aliphatic hydroxyl groups is 1. The molecule has 0 unspecified atom stereocenters. The molecule has 2 atom stereocenters. The summed E-state index contributed by atoms with van der Waals surface area (Å²) in [6, 6.07) is 0. The minimum atomic E-state index is -0.572. The third-order valence-electron chi connectivity index (χ3n) is 7.49. The maximum absolute atomic E-state index is 11.8. The van der Waals surface area contributed by atoms with E-state index >= 15 is 0 Å². The van der Waals surface area contributed by atoms with E-state index in [1.54, 1.807) is 7.11 Å². The summed E-state index contributed by atoms with van der Waals surface area (Å²) in [5, 5.41) is 11.8. The molecule has 6 aliphatic rings. The van der Waals surface area contributed by atoms with Gasteiger partial charge < -0.3 is 19.3 Å². The average molecular weight is 320 g/mol. The SMILES string of the molecule is COCO[C@@]12C=C(C3(O)C4CC5CC(C4)CC3C5)CC[C@@H]1OC2. The van der Waals surface area contributed by atoms with Gasteiger partial charge in [0.2, 0.25) is 0 Å². The topological polar surface area (TPSA) is 47.9 Å². The smallest absolute Gasteiger partial charge is 0.147 e. The van der Waals surface area contributed by atoms with Crippen molar-refractivity contribution in [2.75, 3.05) is 20.5 Å². The Labute approximate surface area is 138 Å². The van der Waals surface area contributed by atoms with Crippen molar-refractivity contribution in [3.63, 3.8) is 0 Å². The molecule has 1 heterocycles. The van der Waals surface area contributed by atoms with Crippen molar-refractivity contribution in [3.05, 3.63) is 11.6 Å². The highest BCUT2D eigenvalue weighted by Crippen LogP contribution is 2.61. The lowest BCUT2D eigenvalue weighted by Crippen LogP contribution is -2.64. The number of hydrogen-bond acceptors (Lipinski definition) is 4. The summed E-state index contributed by atoms with van der Waals surface area (Å²) in [6.07, 6.45) is 10.6. The molecule has 0 aromatic carbocycles. The Morgan fingerprint density at radius 3 is 2.43 bits per heavy atom. The summed E-state index contributed by atoms with van der Waals surface area (Å²) < 4.78 is 16.8. The number of fused-ring (bicyclic) bond motifs is 1. The molecule has 5 fully saturated rings. The van der Waals surface area contributed by atoms with E-state index in [4.69, 9.17) is 14.2 Å². The van der Waals surface area contributed by atoms with Crippen molar-refractivity contribution >= 4 is 0 Å². The molecule has 1 saturated heterocycles. The van der Waals surface area contributed by atoms with Crippen LogP contribution in [-0.4, -0.2) is 42.9 Å². The zero-order chi connectivity index (χ0) is 15.7. The highest BCUT2D eigenvalue weighted by atomic mass is 16.7. The Hall–Kier alpha value is -0.420. The molecular formula is C19H28O4. The lowest BCUT2D eigenvalue weighted by atomic mass is 9.47. The average Bonchev–Trinajstić information content (AvgIpc) is 2.52. The van der Waals surface area contributed by atoms with Crippen LogP contribution in [-0.2, 0) is 14.2 Å². The molecule has 1 aliphatic heterocycles. The van der Waals surface area contributed by atoms with Crippen LogP contribution in [0.5, 0.6) is 0 Å². The van der Waals surface area contributed by atoms with Gasteiger partial charge in [-0.1, -0.05) is 0 Å². The van der Waals surface area contributed by atoms with Gasteiger partial charge in [0.25, 0.3) is 0 Å². The van der Waals surface area contributed by atoms with E-state index in [0.29, 0.717) is 25.2 Å². The summed E-state index contributed by atoms with van der Waals surface area (Å²) in [7, 11) is 1.66. The predicted molar refractivity (Wildman–Crippen MR) is 84.7 cm³/mol. The molecule has 6 rings (SSSR count). The third kappa shape index (κ3) is 1.98. The fraction of sp³-hybridized carbons (Fsp3) is 0.895. The quantitative estimate of drug-likeness (QED) is 0.639. The van der Waals surface area contributed by atoms with Gasteiger partial charge in [0.15, 0.2) is 0 Å². The number of rotatable bonds is 4. The molecule has 0 amide bonds. The van der Waals surface area contributed by atoms with Gasteiger partial charge in [0.05, 0.1) is 18.3 Å². The van der Waals surface area contributed by atoms with Gasteiger partial charge in [-0.05, 0) is 80.3 Å². The second kappa shape index (κ2) is 5.04. The highest BCUT2D eigenvalue weighted by molar-refractivity contribution is 5.33. The van der Waals surface area contributed by atoms with Crippen LogP contribution in [0.2, 0.25) is 0 Å². The fourth-order valence-corrected chi connectivity index (χ4v) is 6.57. The van der Waals surface area contributed by atoms with E-state index in [1.165, 1.54) is 37.7 Å². The number of ether oxygens (including phenoxy) is 3. The Morgan fingerprint density at radius 2 is 1.87 bits per heavy atom. The van der Waals surface area contributed by atoms with Crippen molar-refractivity contribution < 1.29 is 19.3 Å². The van der Waals surface area contributed by atoms with Crippen LogP contribution >= 0.6 is 0 Å². The molecule has 128 valence electrons. The van der Waals surface area contributed by atoms with Gasteiger partial charge in [-0.25, -0.2) is 0 Å². The monoisotopic (exact) mass is 320 g/mol. The maximum atomic E-state index is 11.8. The first-order chi connectivity index (χ1) is 11.1. The van der Waals surface area contributed by atoms with Crippen LogP contribution in [0.3, 0.4) is 0 Å². The fourth-order valence-electron chi connectivity index (χ4n) is 6.57. The van der Waals surface area contributed by atoms with E-state index in [-0.39, 0.29) is 11.7 Å². The van der Waals surface area contributed by atoms with Crippen LogP contribution in [0.15, 0.2) is 11.6 Å². The van der Waals surface area contributed by atoms with Crippen LogP contribution in [0.4, 0.5) is 0 Å². The lowest BCUT2D eigenvalue weighted by Gasteiger charge is -2.61. The summed E-state index contributed by atoms with van der Waals surface area (Å²) in [5.41, 5.74) is 0.327. The highest BCUT2D eigenvalue weighted by Gasteiger charge is 2.60. The van der Waals surface area contributed by atoms with Gasteiger partial charge in [0.1, 0.15) is 12.4 Å². The van der Waals surface area contributed by atoms with Crippen molar-refractivity contribution in [3.8, 4) is 0 Å². The predicted octanol–water partition coefficient (Wildman–Crippen LogP) is 2.65. The largest absolute Gasteiger partial charge is 0.385 e. The molecule has 1 N–H and O–H groups in total. The van der Waals surface area contributed by atoms with Gasteiger partial charge >= 0.3 is 0 Å². The summed E-state index contributed by atoms with van der Waals surface area (Å²) in [6.45, 7) is 0.889. The number of hydrogen-bond donors (Lipinski definition) is 1. The Bertz CT molecular complexity index is 499. The second-order valence-electron chi connectivity index (χ2n) is 8.64. The Kier molecular flexibility index (Phi) is 3.26. The van der Waals surface area contributed by atoms with Crippen molar-refractivity contribution in [2.45, 2.75) is 62.3 Å². The van der Waals surface area contributed by atoms with E-state index in [2.05, 4.69) is 6.08 Å². The van der Waals surface area contributed by atoms with E-state index < -0.39 is 5.60 Å². The van der Waals surface area contributed by atoms with Gasteiger partial charge in [-0.3, -0.25) is 0 Å². The molecule has 4 saturated carbocycles. The van der Waals surface area contributed by atoms with Crippen LogP contribution < -0.4 is 0 Å². The van der Waals surface area contributed by atoms with Crippen molar-refractivity contribution in [2.24, 2.45) is 23.7 Å². The normalized spacial score (nSPS) is 53.7. The first kappa shape index (κ1) is 14.9. The molecule has 5 aliphatic carbocycles. The Balaban J connectivity index is 1.47. The Morgan fingerprint density at radius 1 is 1.17 bits per heavy atom. The van der Waals surface area contributed by atoms with Crippen LogP contribution in [0.25, 0.3) is 0 Å². The first-order valence-corrected chi connectivity index (χ1v) is 9.33. The molecule has 0 spiro atoms. The summed E-state index contributed by atoms with van der Waals surface area (Å²) in [5.74, 6) is 2.70. The first-order valence-electron chi connectivity index (χ1n) is 9.33. The molecule has 23 heavy (non-hydrogen) atoms. The molecule has 0 aromatic rings. The van der Waals surface area contributed by atoms with Crippen LogP contribution in [0, 0.1) is 23.7 Å². The molecule has 4 heteroatoms. The van der Waals surface area contributed by atoms with E-state index in [9.17, 15) is 5.11 Å². The minimum Gasteiger partial charge on any atom is -0.385 e. The van der Waals surface area contributed by atoms with E-state index in [1.807, 2.05) is 0 Å². The van der Waals surface area contributed by atoms with Crippen molar-refractivity contribution in [1.82, 2.24) is 0 Å². The zero-order valence-electron chi connectivity index (χ0n) is 14.0. The van der Waals surface area contributed by atoms with Gasteiger partial charge in [0, 0.05) is 7.11 Å². The standard InChI is InChI=1S/C19H28O4/c1-21-11-23-18-9-14(2-3-17(18)22-10-18)19(20)15-5-12-4-13(7-15)8-16(19)6-12/h9,12-13,15-17,20H,2-8,10-11H2,1H3/t12?,13?,15?,16?,17-,18+,19?/m0/s1. The minimum absolute atomic E-state index is 0.141. The van der Waals surface area contributed by atoms with Gasteiger partial charge in [-0.2, -0.15) is 0 Å². The molecular weight excluding hydrogens is 292 g/mol. The molecule has 4 nitrogen and oxygen atoms in total. The summed E-state index contributed by atoms with van der Waals surface area (Å²) in [4.78, 5) is 0. The van der Waals surface area contributed by atoms with E-state index in [0.717, 1.165) is 24.7 Å². The molecule has 0 aromatic heterocycles. The molecule has 4 bridgehead atoms. The lowest BCUT2D eigenvalue weighted by molar-refractivity contribution is -0.267.